The summed E-state index contributed by atoms with van der Waals surface area (Å²) in [4.78, 5) is 13.4. The summed E-state index contributed by atoms with van der Waals surface area (Å²) in [5.41, 5.74) is 1.18. The van der Waals surface area contributed by atoms with Crippen LogP contribution in [-0.4, -0.2) is 41.9 Å². The largest absolute Gasteiger partial charge is 0.389 e. The second-order valence-electron chi connectivity index (χ2n) is 7.05. The van der Waals surface area contributed by atoms with Crippen molar-refractivity contribution in [1.82, 2.24) is 19.5 Å². The molecule has 0 radical (unpaired) electrons. The Kier molecular flexibility index (Phi) is 3.65. The van der Waals surface area contributed by atoms with Crippen LogP contribution in [0.1, 0.15) is 12.5 Å². The van der Waals surface area contributed by atoms with Crippen LogP contribution >= 0.6 is 22.6 Å². The van der Waals surface area contributed by atoms with Gasteiger partial charge in [0, 0.05) is 34.2 Å². The van der Waals surface area contributed by atoms with E-state index in [4.69, 9.17) is 0 Å². The normalized spacial score (nSPS) is 31.5. The lowest BCUT2D eigenvalue weighted by molar-refractivity contribution is -0.00676. The van der Waals surface area contributed by atoms with Crippen LogP contribution in [0.4, 0.5) is 11.5 Å². The van der Waals surface area contributed by atoms with E-state index in [1.807, 2.05) is 52.9 Å². The van der Waals surface area contributed by atoms with Crippen LogP contribution in [0.2, 0.25) is 0 Å². The molecule has 2 aromatic heterocycles. The summed E-state index contributed by atoms with van der Waals surface area (Å²) in [5.74, 6) is 0.466. The minimum absolute atomic E-state index is 0.108. The van der Waals surface area contributed by atoms with Crippen LogP contribution in [0, 0.1) is 26.5 Å². The van der Waals surface area contributed by atoms with Gasteiger partial charge in [0.25, 0.3) is 0 Å². The van der Waals surface area contributed by atoms with E-state index in [2.05, 4.69) is 26.3 Å². The van der Waals surface area contributed by atoms with Gasteiger partial charge >= 0.3 is 0 Å². The molecule has 3 N–H and O–H groups in total. The van der Waals surface area contributed by atoms with Crippen LogP contribution < -0.4 is 5.32 Å². The van der Waals surface area contributed by atoms with Crippen molar-refractivity contribution in [3.8, 4) is 6.07 Å². The molecule has 0 bridgehead atoms. The molecule has 0 unspecified atom stereocenters. The summed E-state index contributed by atoms with van der Waals surface area (Å²) >= 11 is 2.04. The summed E-state index contributed by atoms with van der Waals surface area (Å²) in [6, 6.07) is 11.4. The number of rotatable bonds is 3. The summed E-state index contributed by atoms with van der Waals surface area (Å²) in [6.07, 6.45) is 0.0955. The van der Waals surface area contributed by atoms with Crippen LogP contribution in [0.5, 0.6) is 0 Å². The Balaban J connectivity index is 1.59. The number of benzene rings is 1. The van der Waals surface area contributed by atoms with E-state index in [0.717, 1.165) is 5.69 Å². The first kappa shape index (κ1) is 16.9. The van der Waals surface area contributed by atoms with Gasteiger partial charge in [0.05, 0.1) is 23.9 Å². The lowest BCUT2D eigenvalue weighted by Crippen LogP contribution is -2.33. The number of aliphatic hydroxyl groups is 2. The molecule has 0 amide bonds. The maximum absolute atomic E-state index is 10.5. The maximum Gasteiger partial charge on any atom is 0.194 e. The van der Waals surface area contributed by atoms with Crippen molar-refractivity contribution >= 4 is 45.3 Å². The van der Waals surface area contributed by atoms with Crippen molar-refractivity contribution < 1.29 is 10.2 Å². The molecule has 0 aliphatic heterocycles. The van der Waals surface area contributed by atoms with Crippen LogP contribution in [0.25, 0.3) is 11.2 Å². The molecular formula is C18H15IN6O2. The van der Waals surface area contributed by atoms with Gasteiger partial charge in [-0.2, -0.15) is 5.26 Å². The Morgan fingerprint density at radius 3 is 2.74 bits per heavy atom. The number of aliphatic hydroxyl groups excluding tert-OH is 2. The van der Waals surface area contributed by atoms with Crippen molar-refractivity contribution in [2.75, 3.05) is 5.32 Å². The highest BCUT2D eigenvalue weighted by Crippen LogP contribution is 2.67. The maximum atomic E-state index is 10.5. The lowest BCUT2D eigenvalue weighted by atomic mass is 10.0. The highest BCUT2D eigenvalue weighted by molar-refractivity contribution is 14.1. The van der Waals surface area contributed by atoms with Crippen molar-refractivity contribution in [3.63, 3.8) is 0 Å². The number of nitrogens with zero attached hydrogens (tertiary/aromatic N) is 5. The van der Waals surface area contributed by atoms with Gasteiger partial charge in [-0.05, 0) is 18.6 Å². The fraction of sp³-hybridized carbons (Fsp3) is 0.333. The predicted molar refractivity (Wildman–Crippen MR) is 105 cm³/mol. The first-order valence-electron chi connectivity index (χ1n) is 8.55. The molecule has 136 valence electrons. The van der Waals surface area contributed by atoms with E-state index in [1.54, 1.807) is 10.9 Å². The van der Waals surface area contributed by atoms with E-state index in [0.29, 0.717) is 27.2 Å². The SMILES string of the molecule is N#C[C@@]12C[C@@H]1[C@@H](n1cnc3c(Nc4ccccc4)nc(I)nc31)[C@H](O)[C@@H]2O. The number of para-hydroxylation sites is 1. The Morgan fingerprint density at radius 2 is 2.04 bits per heavy atom. The summed E-state index contributed by atoms with van der Waals surface area (Å²) in [7, 11) is 0. The molecule has 0 spiro atoms. The topological polar surface area (TPSA) is 120 Å². The molecule has 5 atom stereocenters. The number of aromatic nitrogens is 4. The highest BCUT2D eigenvalue weighted by Gasteiger charge is 2.72. The quantitative estimate of drug-likeness (QED) is 0.392. The number of anilines is 2. The van der Waals surface area contributed by atoms with Crippen molar-refractivity contribution in [1.29, 1.82) is 5.26 Å². The number of hydrogen-bond donors (Lipinski definition) is 3. The van der Waals surface area contributed by atoms with E-state index in [1.165, 1.54) is 0 Å². The second-order valence-corrected chi connectivity index (χ2v) is 8.01. The second kappa shape index (κ2) is 5.85. The third-order valence-electron chi connectivity index (χ3n) is 5.63. The molecule has 1 aromatic carbocycles. The molecule has 2 heterocycles. The fourth-order valence-electron chi connectivity index (χ4n) is 4.21. The van der Waals surface area contributed by atoms with Crippen LogP contribution in [0.3, 0.4) is 0 Å². The molecule has 2 saturated carbocycles. The summed E-state index contributed by atoms with van der Waals surface area (Å²) in [5, 5.41) is 33.6. The van der Waals surface area contributed by atoms with Crippen LogP contribution in [-0.2, 0) is 0 Å². The third-order valence-corrected chi connectivity index (χ3v) is 6.12. The van der Waals surface area contributed by atoms with Crippen molar-refractivity contribution in [2.45, 2.75) is 24.7 Å². The molecule has 0 saturated heterocycles. The predicted octanol–water partition coefficient (Wildman–Crippen LogP) is 1.98. The number of nitrogens with one attached hydrogen (secondary N) is 1. The van der Waals surface area contributed by atoms with Gasteiger partial charge in [0.2, 0.25) is 0 Å². The Bertz CT molecular complexity index is 1080. The molecule has 3 aromatic rings. The zero-order valence-corrected chi connectivity index (χ0v) is 16.1. The standard InChI is InChI=1S/C18H15IN6O2/c19-17-23-15(22-9-4-2-1-3-5-9)11-16(24-17)25(8-21-11)12-10-6-18(10,7-20)14(27)13(12)26/h1-5,8,10,12-14,26-27H,6H2,(H,22,23,24)/t10-,12-,13+,14+,18+/m1/s1. The molecular weight excluding hydrogens is 459 g/mol. The number of fused-ring (bicyclic) bond motifs is 2. The monoisotopic (exact) mass is 474 g/mol. The Morgan fingerprint density at radius 1 is 1.26 bits per heavy atom. The molecule has 2 aliphatic carbocycles. The Labute approximate surface area is 168 Å². The van der Waals surface area contributed by atoms with Gasteiger partial charge in [-0.25, -0.2) is 15.0 Å². The van der Waals surface area contributed by atoms with Gasteiger partial charge in [0.15, 0.2) is 20.8 Å². The molecule has 2 aliphatic rings. The van der Waals surface area contributed by atoms with Gasteiger partial charge in [0.1, 0.15) is 12.2 Å². The van der Waals surface area contributed by atoms with E-state index < -0.39 is 23.7 Å². The minimum atomic E-state index is -1.06. The zero-order valence-electron chi connectivity index (χ0n) is 14.0. The van der Waals surface area contributed by atoms with E-state index in [9.17, 15) is 15.5 Å². The minimum Gasteiger partial charge on any atom is -0.389 e. The Hall–Kier alpha value is -2.29. The number of hydrogen-bond acceptors (Lipinski definition) is 7. The third kappa shape index (κ3) is 2.37. The van der Waals surface area contributed by atoms with E-state index >= 15 is 0 Å². The number of nitriles is 1. The average Bonchev–Trinajstić information content (AvgIpc) is 3.19. The molecule has 27 heavy (non-hydrogen) atoms. The highest BCUT2D eigenvalue weighted by atomic mass is 127. The van der Waals surface area contributed by atoms with Crippen molar-refractivity contribution in [2.24, 2.45) is 11.3 Å². The fourth-order valence-corrected chi connectivity index (χ4v) is 4.68. The first-order chi connectivity index (χ1) is 13.0. The van der Waals surface area contributed by atoms with Crippen LogP contribution in [0.15, 0.2) is 36.7 Å². The smallest absolute Gasteiger partial charge is 0.194 e. The molecule has 5 rings (SSSR count). The number of halogens is 1. The zero-order chi connectivity index (χ0) is 18.8. The van der Waals surface area contributed by atoms with Gasteiger partial charge in [-0.15, -0.1) is 0 Å². The van der Waals surface area contributed by atoms with Gasteiger partial charge < -0.3 is 20.1 Å². The van der Waals surface area contributed by atoms with Crippen molar-refractivity contribution in [3.05, 3.63) is 40.5 Å². The summed E-state index contributed by atoms with van der Waals surface area (Å²) in [6.45, 7) is 0. The summed E-state index contributed by atoms with van der Waals surface area (Å²) < 4.78 is 2.32. The molecule has 2 fully saturated rings. The first-order valence-corrected chi connectivity index (χ1v) is 9.62. The lowest BCUT2D eigenvalue weighted by Gasteiger charge is -2.22. The number of imidazole rings is 1. The molecule has 9 heteroatoms. The average molecular weight is 474 g/mol. The van der Waals surface area contributed by atoms with Gasteiger partial charge in [-0.1, -0.05) is 18.2 Å². The molecule has 8 nitrogen and oxygen atoms in total. The van der Waals surface area contributed by atoms with E-state index in [-0.39, 0.29) is 5.92 Å². The van der Waals surface area contributed by atoms with Gasteiger partial charge in [-0.3, -0.25) is 0 Å².